The highest BCUT2D eigenvalue weighted by atomic mass is 32.2. The van der Waals surface area contributed by atoms with Crippen molar-refractivity contribution in [1.82, 2.24) is 0 Å². The topological polar surface area (TPSA) is 71.4 Å². The summed E-state index contributed by atoms with van der Waals surface area (Å²) in [7, 11) is -3.44. The van der Waals surface area contributed by atoms with E-state index in [2.05, 4.69) is 0 Å². The van der Waals surface area contributed by atoms with Crippen LogP contribution in [0.3, 0.4) is 0 Å². The number of rotatable bonds is 6. The summed E-state index contributed by atoms with van der Waals surface area (Å²) in [5.74, 6) is -2.40. The van der Waals surface area contributed by atoms with Gasteiger partial charge in [0.2, 0.25) is 0 Å². The number of halogens is 1. The second kappa shape index (κ2) is 6.14. The lowest BCUT2D eigenvalue weighted by atomic mass is 10.1. The standard InChI is InChI=1S/C13H17FO4S/c1-3-9(2)7-19(17,18)8-11-6-10(13(15)16)4-5-12(11)14/h4-6,9H,3,7-8H2,1-2H3,(H,15,16). The molecule has 0 aliphatic rings. The average Bonchev–Trinajstić information content (AvgIpc) is 2.30. The summed E-state index contributed by atoms with van der Waals surface area (Å²) >= 11 is 0. The number of sulfone groups is 1. The van der Waals surface area contributed by atoms with Gasteiger partial charge in [0, 0.05) is 5.56 Å². The van der Waals surface area contributed by atoms with Crippen LogP contribution in [0.2, 0.25) is 0 Å². The third kappa shape index (κ3) is 4.63. The Morgan fingerprint density at radius 1 is 1.42 bits per heavy atom. The molecule has 0 radical (unpaired) electrons. The molecule has 6 heteroatoms. The minimum atomic E-state index is -3.44. The summed E-state index contributed by atoms with van der Waals surface area (Å²) in [5, 5.41) is 8.81. The maximum Gasteiger partial charge on any atom is 0.335 e. The zero-order valence-electron chi connectivity index (χ0n) is 10.9. The first-order valence-electron chi connectivity index (χ1n) is 5.97. The molecule has 0 aliphatic heterocycles. The summed E-state index contributed by atoms with van der Waals surface area (Å²) in [6, 6.07) is 3.17. The molecule has 19 heavy (non-hydrogen) atoms. The van der Waals surface area contributed by atoms with Crippen LogP contribution < -0.4 is 0 Å². The van der Waals surface area contributed by atoms with Crippen LogP contribution in [0.4, 0.5) is 4.39 Å². The van der Waals surface area contributed by atoms with E-state index in [1.54, 1.807) is 0 Å². The molecule has 1 rings (SSSR count). The summed E-state index contributed by atoms with van der Waals surface area (Å²) in [4.78, 5) is 10.8. The second-order valence-corrected chi connectivity index (χ2v) is 6.79. The molecule has 1 aromatic carbocycles. The van der Waals surface area contributed by atoms with Gasteiger partial charge < -0.3 is 5.11 Å². The quantitative estimate of drug-likeness (QED) is 0.873. The van der Waals surface area contributed by atoms with Crippen molar-refractivity contribution in [3.8, 4) is 0 Å². The lowest BCUT2D eigenvalue weighted by molar-refractivity contribution is 0.0696. The van der Waals surface area contributed by atoms with E-state index in [0.29, 0.717) is 0 Å². The molecule has 1 N–H and O–H groups in total. The number of carboxylic acids is 1. The lowest BCUT2D eigenvalue weighted by Crippen LogP contribution is -2.16. The van der Waals surface area contributed by atoms with Gasteiger partial charge in [-0.25, -0.2) is 17.6 Å². The van der Waals surface area contributed by atoms with E-state index in [1.807, 2.05) is 13.8 Å². The first-order chi connectivity index (χ1) is 8.75. The molecule has 4 nitrogen and oxygen atoms in total. The zero-order chi connectivity index (χ0) is 14.6. The van der Waals surface area contributed by atoms with Gasteiger partial charge in [0.05, 0.1) is 17.1 Å². The molecule has 0 aliphatic carbocycles. The van der Waals surface area contributed by atoms with E-state index in [-0.39, 0.29) is 22.8 Å². The van der Waals surface area contributed by atoms with E-state index in [0.717, 1.165) is 24.6 Å². The van der Waals surface area contributed by atoms with Gasteiger partial charge in [0.25, 0.3) is 0 Å². The molecule has 0 fully saturated rings. The molecule has 0 spiro atoms. The Balaban J connectivity index is 2.98. The summed E-state index contributed by atoms with van der Waals surface area (Å²) in [6.07, 6.45) is 0.719. The van der Waals surface area contributed by atoms with Crippen molar-refractivity contribution in [1.29, 1.82) is 0 Å². The van der Waals surface area contributed by atoms with Crippen molar-refractivity contribution in [2.45, 2.75) is 26.0 Å². The molecule has 1 aromatic rings. The molecular formula is C13H17FO4S. The van der Waals surface area contributed by atoms with Gasteiger partial charge in [0.1, 0.15) is 5.82 Å². The van der Waals surface area contributed by atoms with E-state index in [4.69, 9.17) is 5.11 Å². The van der Waals surface area contributed by atoms with Gasteiger partial charge in [-0.05, 0) is 24.1 Å². The van der Waals surface area contributed by atoms with Gasteiger partial charge in [-0.15, -0.1) is 0 Å². The smallest absolute Gasteiger partial charge is 0.335 e. The molecule has 0 aromatic heterocycles. The fourth-order valence-electron chi connectivity index (χ4n) is 1.67. The van der Waals surface area contributed by atoms with Gasteiger partial charge in [0.15, 0.2) is 9.84 Å². The number of carboxylic acid groups (broad SMARTS) is 1. The molecule has 1 unspecified atom stereocenters. The molecule has 0 heterocycles. The highest BCUT2D eigenvalue weighted by molar-refractivity contribution is 7.90. The van der Waals surface area contributed by atoms with Crippen molar-refractivity contribution in [3.63, 3.8) is 0 Å². The third-order valence-electron chi connectivity index (χ3n) is 2.90. The monoisotopic (exact) mass is 288 g/mol. The minimum absolute atomic E-state index is 0.00397. The van der Waals surface area contributed by atoms with E-state index >= 15 is 0 Å². The molecule has 0 saturated heterocycles. The first kappa shape index (κ1) is 15.6. The molecule has 0 saturated carbocycles. The van der Waals surface area contributed by atoms with Gasteiger partial charge in [-0.1, -0.05) is 20.3 Å². The number of benzene rings is 1. The van der Waals surface area contributed by atoms with Crippen LogP contribution in [0.25, 0.3) is 0 Å². The van der Waals surface area contributed by atoms with Crippen molar-refractivity contribution < 1.29 is 22.7 Å². The van der Waals surface area contributed by atoms with Crippen molar-refractivity contribution in [2.24, 2.45) is 5.92 Å². The normalized spacial score (nSPS) is 13.2. The Bertz CT molecular complexity index is 566. The zero-order valence-corrected chi connectivity index (χ0v) is 11.7. The fraction of sp³-hybridized carbons (Fsp3) is 0.462. The maximum atomic E-state index is 13.5. The lowest BCUT2D eigenvalue weighted by Gasteiger charge is -2.10. The van der Waals surface area contributed by atoms with Gasteiger partial charge >= 0.3 is 5.97 Å². The second-order valence-electron chi connectivity index (χ2n) is 4.68. The largest absolute Gasteiger partial charge is 0.478 e. The number of aromatic carboxylic acids is 1. The van der Waals surface area contributed by atoms with Crippen LogP contribution >= 0.6 is 0 Å². The van der Waals surface area contributed by atoms with Crippen LogP contribution in [0.1, 0.15) is 36.2 Å². The third-order valence-corrected chi connectivity index (χ3v) is 4.73. The average molecular weight is 288 g/mol. The minimum Gasteiger partial charge on any atom is -0.478 e. The summed E-state index contributed by atoms with van der Waals surface area (Å²) < 4.78 is 37.3. The number of hydrogen-bond donors (Lipinski definition) is 1. The maximum absolute atomic E-state index is 13.5. The Morgan fingerprint density at radius 2 is 2.05 bits per heavy atom. The van der Waals surface area contributed by atoms with Crippen molar-refractivity contribution in [2.75, 3.05) is 5.75 Å². The summed E-state index contributed by atoms with van der Waals surface area (Å²) in [6.45, 7) is 3.69. The predicted molar refractivity (Wildman–Crippen MR) is 70.3 cm³/mol. The van der Waals surface area contributed by atoms with Crippen molar-refractivity contribution >= 4 is 15.8 Å². The number of hydrogen-bond acceptors (Lipinski definition) is 3. The van der Waals surface area contributed by atoms with Crippen LogP contribution in [-0.2, 0) is 15.6 Å². The summed E-state index contributed by atoms with van der Waals surface area (Å²) in [5.41, 5.74) is -0.210. The van der Waals surface area contributed by atoms with Crippen LogP contribution in [-0.4, -0.2) is 25.2 Å². The Kier molecular flexibility index (Phi) is 5.05. The van der Waals surface area contributed by atoms with Crippen molar-refractivity contribution in [3.05, 3.63) is 35.1 Å². The Morgan fingerprint density at radius 3 is 2.58 bits per heavy atom. The first-order valence-corrected chi connectivity index (χ1v) is 7.79. The SMILES string of the molecule is CCC(C)CS(=O)(=O)Cc1cc(C(=O)O)ccc1F. The molecule has 106 valence electrons. The molecule has 0 amide bonds. The molecule has 0 bridgehead atoms. The Hall–Kier alpha value is -1.43. The Labute approximate surface area is 112 Å². The molecular weight excluding hydrogens is 271 g/mol. The van der Waals surface area contributed by atoms with Crippen LogP contribution in [0.15, 0.2) is 18.2 Å². The van der Waals surface area contributed by atoms with E-state index in [1.165, 1.54) is 0 Å². The van der Waals surface area contributed by atoms with E-state index < -0.39 is 27.4 Å². The van der Waals surface area contributed by atoms with E-state index in [9.17, 15) is 17.6 Å². The van der Waals surface area contributed by atoms with Crippen LogP contribution in [0.5, 0.6) is 0 Å². The molecule has 1 atom stereocenters. The van der Waals surface area contributed by atoms with Gasteiger partial charge in [-0.3, -0.25) is 0 Å². The van der Waals surface area contributed by atoms with Crippen LogP contribution in [0, 0.1) is 11.7 Å². The predicted octanol–water partition coefficient (Wildman–Crippen LogP) is 2.48. The number of carbonyl (C=O) groups is 1. The fourth-order valence-corrected chi connectivity index (χ4v) is 3.58. The highest BCUT2D eigenvalue weighted by Gasteiger charge is 2.19. The highest BCUT2D eigenvalue weighted by Crippen LogP contribution is 2.16. The van der Waals surface area contributed by atoms with Gasteiger partial charge in [-0.2, -0.15) is 0 Å².